The number of carbonyl (C=O) groups is 1. The Morgan fingerprint density at radius 1 is 1.08 bits per heavy atom. The molecule has 2 aliphatic rings. The van der Waals surface area contributed by atoms with Crippen molar-refractivity contribution in [3.05, 3.63) is 36.5 Å². The second-order valence-electron chi connectivity index (χ2n) is 3.06. The van der Waals surface area contributed by atoms with Crippen molar-refractivity contribution in [1.82, 2.24) is 4.90 Å². The first-order valence-corrected chi connectivity index (χ1v) is 4.11. The molecule has 2 rings (SSSR count). The smallest absolute Gasteiger partial charge is 0.220 e. The number of allylic oxidation sites excluding steroid dienone is 4. The molecule has 0 radical (unpaired) electrons. The molecule has 12 heavy (non-hydrogen) atoms. The van der Waals surface area contributed by atoms with Gasteiger partial charge in [0.1, 0.15) is 0 Å². The SMILES string of the molecule is CC(=O)N1[C@@H]2C=CC=CC=C[C@@H]21. The molecule has 1 heterocycles. The van der Waals surface area contributed by atoms with Crippen molar-refractivity contribution in [2.24, 2.45) is 0 Å². The maximum Gasteiger partial charge on any atom is 0.220 e. The van der Waals surface area contributed by atoms with Crippen molar-refractivity contribution in [1.29, 1.82) is 0 Å². The Morgan fingerprint density at radius 3 is 2.00 bits per heavy atom. The predicted molar refractivity (Wildman–Crippen MR) is 47.5 cm³/mol. The third-order valence-electron chi connectivity index (χ3n) is 2.22. The molecule has 0 bridgehead atoms. The minimum Gasteiger partial charge on any atom is -0.325 e. The highest BCUT2D eigenvalue weighted by atomic mass is 16.2. The molecule has 2 atom stereocenters. The van der Waals surface area contributed by atoms with Crippen molar-refractivity contribution in [3.63, 3.8) is 0 Å². The number of amides is 1. The van der Waals surface area contributed by atoms with Crippen molar-refractivity contribution < 1.29 is 4.79 Å². The second kappa shape index (κ2) is 2.63. The van der Waals surface area contributed by atoms with Gasteiger partial charge < -0.3 is 4.90 Å². The molecule has 0 aromatic heterocycles. The van der Waals surface area contributed by atoms with Gasteiger partial charge in [0, 0.05) is 6.92 Å². The van der Waals surface area contributed by atoms with Crippen LogP contribution in [0.1, 0.15) is 6.92 Å². The summed E-state index contributed by atoms with van der Waals surface area (Å²) in [5, 5.41) is 0. The van der Waals surface area contributed by atoms with Crippen LogP contribution in [0.3, 0.4) is 0 Å². The zero-order valence-corrected chi connectivity index (χ0v) is 6.97. The van der Waals surface area contributed by atoms with Crippen molar-refractivity contribution in [3.8, 4) is 0 Å². The Hall–Kier alpha value is -1.31. The summed E-state index contributed by atoms with van der Waals surface area (Å²) in [5.41, 5.74) is 0. The van der Waals surface area contributed by atoms with Gasteiger partial charge in [-0.25, -0.2) is 0 Å². The summed E-state index contributed by atoms with van der Waals surface area (Å²) in [7, 11) is 0. The van der Waals surface area contributed by atoms with E-state index >= 15 is 0 Å². The van der Waals surface area contributed by atoms with Crippen LogP contribution in [0.2, 0.25) is 0 Å². The van der Waals surface area contributed by atoms with E-state index in [0.717, 1.165) is 0 Å². The van der Waals surface area contributed by atoms with Crippen molar-refractivity contribution >= 4 is 5.91 Å². The number of nitrogens with zero attached hydrogens (tertiary/aromatic N) is 1. The van der Waals surface area contributed by atoms with Crippen LogP contribution in [-0.4, -0.2) is 22.9 Å². The average molecular weight is 161 g/mol. The van der Waals surface area contributed by atoms with Crippen LogP contribution in [0, 0.1) is 0 Å². The zero-order valence-electron chi connectivity index (χ0n) is 6.97. The fourth-order valence-corrected chi connectivity index (χ4v) is 1.59. The highest BCUT2D eigenvalue weighted by Gasteiger charge is 2.45. The van der Waals surface area contributed by atoms with Crippen molar-refractivity contribution in [2.75, 3.05) is 0 Å². The molecule has 1 saturated heterocycles. The van der Waals surface area contributed by atoms with Gasteiger partial charge >= 0.3 is 0 Å². The molecule has 0 unspecified atom stereocenters. The van der Waals surface area contributed by atoms with Crippen LogP contribution in [0.25, 0.3) is 0 Å². The van der Waals surface area contributed by atoms with E-state index in [0.29, 0.717) is 12.1 Å². The number of hydrogen-bond acceptors (Lipinski definition) is 1. The summed E-state index contributed by atoms with van der Waals surface area (Å²) in [6, 6.07) is 0.618. The number of carbonyl (C=O) groups excluding carboxylic acids is 1. The van der Waals surface area contributed by atoms with E-state index in [1.165, 1.54) is 0 Å². The minimum atomic E-state index is 0.154. The summed E-state index contributed by atoms with van der Waals surface area (Å²) in [6.45, 7) is 1.61. The van der Waals surface area contributed by atoms with Crippen LogP contribution in [0.4, 0.5) is 0 Å². The molecule has 0 spiro atoms. The first kappa shape index (κ1) is 7.35. The summed E-state index contributed by atoms with van der Waals surface area (Å²) in [5.74, 6) is 0.154. The van der Waals surface area contributed by atoms with E-state index in [1.54, 1.807) is 6.92 Å². The predicted octanol–water partition coefficient (Wildman–Crippen LogP) is 1.27. The molecular weight excluding hydrogens is 150 g/mol. The molecule has 0 aromatic rings. The van der Waals surface area contributed by atoms with Gasteiger partial charge in [-0.15, -0.1) is 0 Å². The Kier molecular flexibility index (Phi) is 1.61. The summed E-state index contributed by atoms with van der Waals surface area (Å²) >= 11 is 0. The Labute approximate surface area is 71.9 Å². The first-order valence-electron chi connectivity index (χ1n) is 4.11. The van der Waals surface area contributed by atoms with Gasteiger partial charge in [0.05, 0.1) is 12.1 Å². The molecule has 1 aliphatic heterocycles. The van der Waals surface area contributed by atoms with E-state index in [-0.39, 0.29) is 5.91 Å². The maximum atomic E-state index is 11.0. The largest absolute Gasteiger partial charge is 0.325 e. The van der Waals surface area contributed by atoms with Gasteiger partial charge in [-0.05, 0) is 0 Å². The molecular formula is C10H11NO. The van der Waals surface area contributed by atoms with Crippen LogP contribution < -0.4 is 0 Å². The molecule has 62 valence electrons. The van der Waals surface area contributed by atoms with Crippen LogP contribution >= 0.6 is 0 Å². The monoisotopic (exact) mass is 161 g/mol. The van der Waals surface area contributed by atoms with Gasteiger partial charge in [-0.3, -0.25) is 4.79 Å². The van der Waals surface area contributed by atoms with E-state index in [9.17, 15) is 4.79 Å². The zero-order chi connectivity index (χ0) is 8.55. The number of rotatable bonds is 0. The molecule has 2 heteroatoms. The Balaban J connectivity index is 2.17. The molecule has 0 aromatic carbocycles. The lowest BCUT2D eigenvalue weighted by atomic mass is 10.2. The number of hydrogen-bond donors (Lipinski definition) is 0. The van der Waals surface area contributed by atoms with Gasteiger partial charge in [0.2, 0.25) is 5.91 Å². The lowest BCUT2D eigenvalue weighted by molar-refractivity contribution is -0.124. The third kappa shape index (κ3) is 1.09. The highest BCUT2D eigenvalue weighted by Crippen LogP contribution is 2.31. The average Bonchev–Trinajstić information content (AvgIpc) is 2.60. The Bertz CT molecular complexity index is 266. The maximum absolute atomic E-state index is 11.0. The second-order valence-corrected chi connectivity index (χ2v) is 3.06. The summed E-state index contributed by atoms with van der Waals surface area (Å²) in [4.78, 5) is 12.9. The molecule has 1 fully saturated rings. The third-order valence-corrected chi connectivity index (χ3v) is 2.22. The van der Waals surface area contributed by atoms with Gasteiger partial charge in [0.25, 0.3) is 0 Å². The van der Waals surface area contributed by atoms with E-state index in [2.05, 4.69) is 12.2 Å². The van der Waals surface area contributed by atoms with Crippen LogP contribution in [-0.2, 0) is 4.79 Å². The minimum absolute atomic E-state index is 0.154. The van der Waals surface area contributed by atoms with E-state index < -0.39 is 0 Å². The molecule has 0 saturated carbocycles. The fraction of sp³-hybridized carbons (Fsp3) is 0.300. The number of fused-ring (bicyclic) bond motifs is 1. The topological polar surface area (TPSA) is 20.1 Å². The lowest BCUT2D eigenvalue weighted by Crippen LogP contribution is -2.08. The summed E-state index contributed by atoms with van der Waals surface area (Å²) in [6.07, 6.45) is 12.1. The molecule has 1 amide bonds. The van der Waals surface area contributed by atoms with Gasteiger partial charge in [0.15, 0.2) is 0 Å². The van der Waals surface area contributed by atoms with Crippen LogP contribution in [0.5, 0.6) is 0 Å². The molecule has 1 aliphatic carbocycles. The van der Waals surface area contributed by atoms with E-state index in [4.69, 9.17) is 0 Å². The Morgan fingerprint density at radius 2 is 1.58 bits per heavy atom. The molecule has 2 nitrogen and oxygen atoms in total. The van der Waals surface area contributed by atoms with Crippen molar-refractivity contribution in [2.45, 2.75) is 19.0 Å². The standard InChI is InChI=1S/C10H11NO/c1-8(12)11-9-6-4-2-3-5-7-10(9)11/h2-7,9-10H,1H3/t9-,10+,11?. The quantitative estimate of drug-likeness (QED) is 0.490. The lowest BCUT2D eigenvalue weighted by Gasteiger charge is -1.93. The highest BCUT2D eigenvalue weighted by molar-refractivity contribution is 5.78. The van der Waals surface area contributed by atoms with Gasteiger partial charge in [-0.2, -0.15) is 0 Å². The van der Waals surface area contributed by atoms with Crippen LogP contribution in [0.15, 0.2) is 36.5 Å². The van der Waals surface area contributed by atoms with E-state index in [1.807, 2.05) is 29.2 Å². The fourth-order valence-electron chi connectivity index (χ4n) is 1.59. The normalized spacial score (nSPS) is 30.9. The molecule has 0 N–H and O–H groups in total. The summed E-state index contributed by atoms with van der Waals surface area (Å²) < 4.78 is 0. The first-order chi connectivity index (χ1) is 5.80. The van der Waals surface area contributed by atoms with Gasteiger partial charge in [-0.1, -0.05) is 36.5 Å².